The monoisotopic (exact) mass is 957 g/mol. The van der Waals surface area contributed by atoms with E-state index in [1.807, 2.05) is 0 Å². The average molecular weight is 960 g/mol. The van der Waals surface area contributed by atoms with Gasteiger partial charge in [0, 0.05) is 68.0 Å². The quantitative estimate of drug-likeness (QED) is 0.0825. The first-order chi connectivity index (χ1) is 28.8. The van der Waals surface area contributed by atoms with Crippen molar-refractivity contribution in [1.29, 1.82) is 0 Å². The van der Waals surface area contributed by atoms with Crippen molar-refractivity contribution in [2.45, 2.75) is 23.6 Å². The number of hydrogen-bond acceptors (Lipinski definition) is 12. The summed E-state index contributed by atoms with van der Waals surface area (Å²) < 4.78 is 49.8. The lowest BCUT2D eigenvalue weighted by Gasteiger charge is -2.13. The number of nitrogens with one attached hydrogen (secondary N) is 3. The smallest absolute Gasteiger partial charge is 0.262 e. The van der Waals surface area contributed by atoms with Gasteiger partial charge in [0.15, 0.2) is 0 Å². The number of nitrogen functional groups attached to an aromatic ring is 1. The maximum atomic E-state index is 13.2. The first-order valence-electron chi connectivity index (χ1n) is 17.2. The highest BCUT2D eigenvalue weighted by Crippen LogP contribution is 2.28. The van der Waals surface area contributed by atoms with Crippen molar-refractivity contribution in [3.63, 3.8) is 0 Å². The van der Waals surface area contributed by atoms with Gasteiger partial charge in [-0.25, -0.2) is 41.8 Å². The van der Waals surface area contributed by atoms with E-state index in [0.29, 0.717) is 42.7 Å². The summed E-state index contributed by atoms with van der Waals surface area (Å²) in [6.45, 7) is 3.55. The van der Waals surface area contributed by atoms with Crippen LogP contribution in [0.3, 0.4) is 0 Å². The van der Waals surface area contributed by atoms with Crippen molar-refractivity contribution in [2.24, 2.45) is 0 Å². The van der Waals surface area contributed by atoms with Crippen LogP contribution in [-0.4, -0.2) is 63.3 Å². The number of aryl methyl sites for hydroxylation is 2. The minimum Gasteiger partial charge on any atom is -0.397 e. The predicted molar refractivity (Wildman–Crippen MR) is 236 cm³/mol. The van der Waals surface area contributed by atoms with Crippen LogP contribution in [0.2, 0.25) is 20.1 Å². The number of carbonyl (C=O) groups excluding carboxylic acids is 2. The van der Waals surface area contributed by atoms with E-state index in [4.69, 9.17) is 62.8 Å². The van der Waals surface area contributed by atoms with E-state index in [-0.39, 0.29) is 49.1 Å². The molecule has 0 spiro atoms. The highest BCUT2D eigenvalue weighted by atomic mass is 35.7. The Bertz CT molecular complexity index is 3220. The molecule has 8 rings (SSSR count). The predicted octanol–water partition coefficient (Wildman–Crippen LogP) is 9.00. The number of carbonyl (C=O) groups is 2. The summed E-state index contributed by atoms with van der Waals surface area (Å²) in [5, 5.41) is 2.49. The van der Waals surface area contributed by atoms with Crippen LogP contribution in [0.4, 0.5) is 11.4 Å². The van der Waals surface area contributed by atoms with E-state index in [0.717, 1.165) is 11.1 Å². The summed E-state index contributed by atoms with van der Waals surface area (Å²) in [5.74, 6) is -0.834. The van der Waals surface area contributed by atoms with Gasteiger partial charge < -0.3 is 15.7 Å². The van der Waals surface area contributed by atoms with Crippen molar-refractivity contribution in [2.75, 3.05) is 10.5 Å². The summed E-state index contributed by atoms with van der Waals surface area (Å²) >= 11 is 23.5. The average Bonchev–Trinajstić information content (AvgIpc) is 3.90. The molecule has 5 N–H and O–H groups in total. The van der Waals surface area contributed by atoms with Gasteiger partial charge in [-0.1, -0.05) is 58.5 Å². The number of hydrogen-bond donors (Lipinski definition) is 4. The topological polar surface area (TPSA) is 236 Å². The lowest BCUT2D eigenvalue weighted by atomic mass is 10.0. The number of halogens is 5. The maximum absolute atomic E-state index is 13.2. The maximum Gasteiger partial charge on any atom is 0.262 e. The minimum atomic E-state index is -4.04. The number of anilines is 2. The summed E-state index contributed by atoms with van der Waals surface area (Å²) in [7, 11) is -2.60. The van der Waals surface area contributed by atoms with Crippen LogP contribution in [0.15, 0.2) is 114 Å². The van der Waals surface area contributed by atoms with Gasteiger partial charge in [-0.2, -0.15) is 0 Å². The third-order valence-electron chi connectivity index (χ3n) is 8.56. The number of ketones is 2. The van der Waals surface area contributed by atoms with Gasteiger partial charge in [-0.05, 0) is 79.6 Å². The lowest BCUT2D eigenvalue weighted by Crippen LogP contribution is -2.17. The molecular formula is C39H28Cl5N9O6S2. The summed E-state index contributed by atoms with van der Waals surface area (Å²) in [6.07, 6.45) is 8.81. The van der Waals surface area contributed by atoms with Crippen molar-refractivity contribution in [1.82, 2.24) is 34.9 Å². The van der Waals surface area contributed by atoms with E-state index in [2.05, 4.69) is 39.6 Å². The zero-order valence-electron chi connectivity index (χ0n) is 31.3. The lowest BCUT2D eigenvalue weighted by molar-refractivity contribution is 0.102. The molecule has 0 aliphatic carbocycles. The van der Waals surface area contributed by atoms with E-state index >= 15 is 0 Å². The Morgan fingerprint density at radius 3 is 1.84 bits per heavy atom. The van der Waals surface area contributed by atoms with Crippen LogP contribution >= 0.6 is 57.1 Å². The molecule has 6 heterocycles. The molecule has 0 unspecified atom stereocenters. The molecule has 312 valence electrons. The zero-order valence-corrected chi connectivity index (χ0v) is 36.7. The number of nitrogens with two attached hydrogens (primary N) is 1. The molecule has 0 aliphatic rings. The second-order valence-electron chi connectivity index (χ2n) is 12.7. The molecule has 15 nitrogen and oxygen atoms in total. The highest BCUT2D eigenvalue weighted by Gasteiger charge is 2.24. The van der Waals surface area contributed by atoms with Gasteiger partial charge in [0.1, 0.15) is 34.7 Å². The number of aromatic nitrogens is 7. The number of benzene rings is 2. The third kappa shape index (κ3) is 10.5. The number of rotatable bonds is 8. The number of sulfonamides is 1. The molecule has 0 atom stereocenters. The van der Waals surface area contributed by atoms with E-state index in [9.17, 15) is 26.4 Å². The molecule has 2 aromatic carbocycles. The van der Waals surface area contributed by atoms with Gasteiger partial charge in [0.2, 0.25) is 11.6 Å². The van der Waals surface area contributed by atoms with Crippen molar-refractivity contribution in [3.05, 3.63) is 158 Å². The molecule has 8 aromatic rings. The Morgan fingerprint density at radius 2 is 1.21 bits per heavy atom. The molecule has 0 aliphatic heterocycles. The molecule has 0 bridgehead atoms. The molecule has 0 amide bonds. The highest BCUT2D eigenvalue weighted by molar-refractivity contribution is 8.13. The number of pyridine rings is 3. The Kier molecular flexibility index (Phi) is 13.6. The van der Waals surface area contributed by atoms with Crippen LogP contribution in [0.25, 0.3) is 22.1 Å². The standard InChI is InChI=1S/C20H14Cl2N4O3S.C12H8ClN5O.C7H6Cl2O2S/c1-11-2-3-13(9-16(11)22)30(28,29)26-17-8-12(21)10-25-18(17)19(27)14-4-6-23-20-15(14)5-7-24-20;13-6-3-8(14)10(16-4-6)11(19)9-7-1-2-15-12(7)18-5-17-9;1-5-2-3-6(4-7(5)8)12(9,10)11/h2-10,26H,1H3,(H,23,24);1-5H,14H2,(H,15,17,18);2-4H,1H3. The number of nitrogens with zero attached hydrogens (tertiary/aromatic N) is 5. The van der Waals surface area contributed by atoms with Crippen LogP contribution < -0.4 is 10.5 Å². The second kappa shape index (κ2) is 18.5. The van der Waals surface area contributed by atoms with Crippen molar-refractivity contribution in [3.8, 4) is 0 Å². The molecule has 22 heteroatoms. The fourth-order valence-corrected chi connectivity index (χ4v) is 8.14. The van der Waals surface area contributed by atoms with Crippen LogP contribution in [0.5, 0.6) is 0 Å². The van der Waals surface area contributed by atoms with Crippen molar-refractivity contribution >= 4 is 121 Å². The molecule has 0 saturated heterocycles. The fourth-order valence-electron chi connectivity index (χ4n) is 5.46. The van der Waals surface area contributed by atoms with Gasteiger partial charge in [-0.15, -0.1) is 0 Å². The second-order valence-corrected chi connectivity index (χ2v) is 18.7. The number of aromatic amines is 2. The van der Waals surface area contributed by atoms with Gasteiger partial charge in [0.25, 0.3) is 19.1 Å². The first-order valence-corrected chi connectivity index (χ1v) is 22.5. The Labute approximate surface area is 372 Å². The number of fused-ring (bicyclic) bond motifs is 2. The van der Waals surface area contributed by atoms with Crippen LogP contribution in [0, 0.1) is 13.8 Å². The Morgan fingerprint density at radius 1 is 0.639 bits per heavy atom. The SMILES string of the molecule is Cc1ccc(S(=O)(=O)Cl)cc1Cl.Cc1ccc(S(=O)(=O)Nc2cc(Cl)cnc2C(=O)c2ccnc3[nH]ccc23)cc1Cl.Nc1cc(Cl)cnc1C(=O)c1ncnc2[nH]ccc12. The number of H-pyrrole nitrogens is 2. The normalized spacial score (nSPS) is 11.3. The summed E-state index contributed by atoms with van der Waals surface area (Å²) in [6, 6.07) is 16.5. The molecule has 0 fully saturated rings. The largest absolute Gasteiger partial charge is 0.397 e. The molecule has 0 radical (unpaired) electrons. The molecule has 6 aromatic heterocycles. The van der Waals surface area contributed by atoms with Gasteiger partial charge in [0.05, 0.1) is 31.2 Å². The van der Waals surface area contributed by atoms with Crippen LogP contribution in [0.1, 0.15) is 43.4 Å². The van der Waals surface area contributed by atoms with Crippen molar-refractivity contribution < 1.29 is 26.4 Å². The zero-order chi connectivity index (χ0) is 44.2. The third-order valence-corrected chi connectivity index (χ3v) is 12.5. The van der Waals surface area contributed by atoms with E-state index in [1.165, 1.54) is 61.3 Å². The minimum absolute atomic E-state index is 0.0276. The Balaban J connectivity index is 0.000000171. The summed E-state index contributed by atoms with van der Waals surface area (Å²) in [5.41, 5.74) is 9.26. The molecule has 61 heavy (non-hydrogen) atoms. The summed E-state index contributed by atoms with van der Waals surface area (Å²) in [4.78, 5) is 51.7. The van der Waals surface area contributed by atoms with E-state index < -0.39 is 24.9 Å². The van der Waals surface area contributed by atoms with E-state index in [1.54, 1.807) is 56.6 Å². The van der Waals surface area contributed by atoms with Gasteiger partial charge >= 0.3 is 0 Å². The first kappa shape index (κ1) is 44.9. The van der Waals surface area contributed by atoms with Gasteiger partial charge in [-0.3, -0.25) is 14.3 Å². The molecular weight excluding hydrogens is 932 g/mol. The Hall–Kier alpha value is -5.66. The van der Waals surface area contributed by atoms with Crippen LogP contribution in [-0.2, 0) is 19.1 Å². The fraction of sp³-hybridized carbons (Fsp3) is 0.0513. The molecule has 0 saturated carbocycles.